The van der Waals surface area contributed by atoms with E-state index < -0.39 is 5.54 Å². The van der Waals surface area contributed by atoms with E-state index in [2.05, 4.69) is 27.4 Å². The summed E-state index contributed by atoms with van der Waals surface area (Å²) >= 11 is 0. The normalized spacial score (nSPS) is 20.5. The van der Waals surface area contributed by atoms with Crippen LogP contribution in [-0.4, -0.2) is 33.7 Å². The largest absolute Gasteiger partial charge is 0.378 e. The Labute approximate surface area is 139 Å². The summed E-state index contributed by atoms with van der Waals surface area (Å²) in [5.74, 6) is 0.712. The van der Waals surface area contributed by atoms with Crippen LogP contribution in [0.2, 0.25) is 0 Å². The van der Waals surface area contributed by atoms with Crippen LogP contribution in [-0.2, 0) is 21.6 Å². The first kappa shape index (κ1) is 15.0. The smallest absolute Gasteiger partial charge is 0.240 e. The number of para-hydroxylation sites is 1. The third kappa shape index (κ3) is 2.49. The van der Waals surface area contributed by atoms with E-state index >= 15 is 0 Å². The standard InChI is InChI=1S/C18H20N4O2/c1-13-10-14-4-2-3-5-15(14)22(13)11-16(23)21-18(6-9-24-12-18)17-19-7-8-20-17/h2-5,7-8,10H,6,9,11-12H2,1H3,(H,19,20)(H,21,23). The number of benzene rings is 1. The number of nitrogens with zero attached hydrogens (tertiary/aromatic N) is 2. The number of carbonyl (C=O) groups excluding carboxylic acids is 1. The molecule has 0 radical (unpaired) electrons. The Hall–Kier alpha value is -2.60. The summed E-state index contributed by atoms with van der Waals surface area (Å²) in [4.78, 5) is 20.2. The second-order valence-electron chi connectivity index (χ2n) is 6.30. The zero-order valence-electron chi connectivity index (χ0n) is 13.6. The van der Waals surface area contributed by atoms with Gasteiger partial charge >= 0.3 is 0 Å². The van der Waals surface area contributed by atoms with Crippen molar-refractivity contribution >= 4 is 16.8 Å². The van der Waals surface area contributed by atoms with Gasteiger partial charge in [0.25, 0.3) is 0 Å². The lowest BCUT2D eigenvalue weighted by atomic mass is 9.97. The fourth-order valence-corrected chi connectivity index (χ4v) is 3.44. The Bertz CT molecular complexity index is 860. The number of amides is 1. The topological polar surface area (TPSA) is 71.9 Å². The molecule has 1 fully saturated rings. The van der Waals surface area contributed by atoms with Gasteiger partial charge in [0.05, 0.1) is 6.61 Å². The number of rotatable bonds is 4. The first-order chi connectivity index (χ1) is 11.7. The van der Waals surface area contributed by atoms with Crippen LogP contribution in [0.1, 0.15) is 17.9 Å². The lowest BCUT2D eigenvalue weighted by Crippen LogP contribution is -2.48. The molecule has 0 bridgehead atoms. The molecule has 24 heavy (non-hydrogen) atoms. The Morgan fingerprint density at radius 3 is 3.08 bits per heavy atom. The number of aryl methyl sites for hydroxylation is 1. The van der Waals surface area contributed by atoms with Gasteiger partial charge in [0.15, 0.2) is 0 Å². The minimum Gasteiger partial charge on any atom is -0.378 e. The predicted molar refractivity (Wildman–Crippen MR) is 90.5 cm³/mol. The highest BCUT2D eigenvalue weighted by molar-refractivity contribution is 5.84. The van der Waals surface area contributed by atoms with Crippen molar-refractivity contribution in [3.63, 3.8) is 0 Å². The van der Waals surface area contributed by atoms with Crippen LogP contribution in [0.5, 0.6) is 0 Å². The van der Waals surface area contributed by atoms with E-state index in [4.69, 9.17) is 4.74 Å². The zero-order valence-corrected chi connectivity index (χ0v) is 13.6. The minimum absolute atomic E-state index is 0.0404. The van der Waals surface area contributed by atoms with Crippen LogP contribution < -0.4 is 5.32 Å². The summed E-state index contributed by atoms with van der Waals surface area (Å²) in [5, 5.41) is 4.29. The van der Waals surface area contributed by atoms with Crippen molar-refractivity contribution in [1.82, 2.24) is 19.9 Å². The average molecular weight is 324 g/mol. The summed E-state index contributed by atoms with van der Waals surface area (Å²) in [6.07, 6.45) is 4.19. The van der Waals surface area contributed by atoms with Gasteiger partial charge in [0.1, 0.15) is 17.9 Å². The van der Waals surface area contributed by atoms with Crippen LogP contribution in [0.15, 0.2) is 42.7 Å². The van der Waals surface area contributed by atoms with Gasteiger partial charge in [0, 0.05) is 36.6 Å². The number of fused-ring (bicyclic) bond motifs is 1. The molecule has 2 N–H and O–H groups in total. The molecule has 3 aromatic rings. The van der Waals surface area contributed by atoms with Crippen molar-refractivity contribution in [2.45, 2.75) is 25.4 Å². The van der Waals surface area contributed by atoms with Gasteiger partial charge in [-0.2, -0.15) is 0 Å². The summed E-state index contributed by atoms with van der Waals surface area (Å²) in [5.41, 5.74) is 1.58. The molecule has 124 valence electrons. The maximum absolute atomic E-state index is 12.7. The molecule has 3 heterocycles. The molecular formula is C18H20N4O2. The third-order valence-electron chi connectivity index (χ3n) is 4.67. The summed E-state index contributed by atoms with van der Waals surface area (Å²) in [6, 6.07) is 10.2. The van der Waals surface area contributed by atoms with Gasteiger partial charge in [-0.15, -0.1) is 0 Å². The number of aromatic amines is 1. The zero-order chi connectivity index (χ0) is 16.6. The number of hydrogen-bond acceptors (Lipinski definition) is 3. The van der Waals surface area contributed by atoms with Crippen molar-refractivity contribution in [1.29, 1.82) is 0 Å². The van der Waals surface area contributed by atoms with Gasteiger partial charge in [-0.3, -0.25) is 4.79 Å². The minimum atomic E-state index is -0.558. The molecule has 1 aromatic carbocycles. The number of imidazole rings is 1. The quantitative estimate of drug-likeness (QED) is 0.772. The summed E-state index contributed by atoms with van der Waals surface area (Å²) in [6.45, 7) is 3.36. The van der Waals surface area contributed by atoms with E-state index in [9.17, 15) is 4.79 Å². The number of hydrogen-bond donors (Lipinski definition) is 2. The highest BCUT2D eigenvalue weighted by Crippen LogP contribution is 2.28. The Morgan fingerprint density at radius 1 is 1.46 bits per heavy atom. The Kier molecular flexibility index (Phi) is 3.61. The van der Waals surface area contributed by atoms with E-state index in [0.29, 0.717) is 13.2 Å². The van der Waals surface area contributed by atoms with Crippen molar-refractivity contribution < 1.29 is 9.53 Å². The monoisotopic (exact) mass is 324 g/mol. The summed E-state index contributed by atoms with van der Waals surface area (Å²) in [7, 11) is 0. The Morgan fingerprint density at radius 2 is 2.33 bits per heavy atom. The van der Waals surface area contributed by atoms with Crippen molar-refractivity contribution in [2.75, 3.05) is 13.2 Å². The van der Waals surface area contributed by atoms with Crippen molar-refractivity contribution in [3.05, 3.63) is 54.2 Å². The van der Waals surface area contributed by atoms with Crippen LogP contribution in [0, 0.1) is 6.92 Å². The van der Waals surface area contributed by atoms with Crippen LogP contribution >= 0.6 is 0 Å². The first-order valence-corrected chi connectivity index (χ1v) is 8.11. The molecule has 1 aliphatic rings. The van der Waals surface area contributed by atoms with Crippen LogP contribution in [0.4, 0.5) is 0 Å². The van der Waals surface area contributed by atoms with E-state index in [1.807, 2.05) is 29.7 Å². The van der Waals surface area contributed by atoms with Crippen molar-refractivity contribution in [2.24, 2.45) is 0 Å². The van der Waals surface area contributed by atoms with Gasteiger partial charge in [0.2, 0.25) is 5.91 Å². The molecule has 0 saturated carbocycles. The molecule has 6 nitrogen and oxygen atoms in total. The molecule has 2 aromatic heterocycles. The molecule has 1 unspecified atom stereocenters. The molecule has 0 aliphatic carbocycles. The number of nitrogens with one attached hydrogen (secondary N) is 2. The summed E-state index contributed by atoms with van der Waals surface area (Å²) < 4.78 is 7.57. The third-order valence-corrected chi connectivity index (χ3v) is 4.67. The maximum atomic E-state index is 12.7. The molecule has 4 rings (SSSR count). The van der Waals surface area contributed by atoms with Gasteiger partial charge in [-0.1, -0.05) is 18.2 Å². The van der Waals surface area contributed by atoms with Crippen molar-refractivity contribution in [3.8, 4) is 0 Å². The molecule has 0 spiro atoms. The number of carbonyl (C=O) groups is 1. The first-order valence-electron chi connectivity index (χ1n) is 8.11. The van der Waals surface area contributed by atoms with E-state index in [-0.39, 0.29) is 12.5 Å². The second-order valence-corrected chi connectivity index (χ2v) is 6.30. The number of H-pyrrole nitrogens is 1. The predicted octanol–water partition coefficient (Wildman–Crippen LogP) is 2.10. The molecular weight excluding hydrogens is 304 g/mol. The lowest BCUT2D eigenvalue weighted by Gasteiger charge is -2.27. The number of aromatic nitrogens is 3. The lowest BCUT2D eigenvalue weighted by molar-refractivity contribution is -0.123. The molecule has 1 atom stereocenters. The highest BCUT2D eigenvalue weighted by atomic mass is 16.5. The molecule has 1 aliphatic heterocycles. The van der Waals surface area contributed by atoms with Gasteiger partial charge in [-0.05, 0) is 24.4 Å². The fourth-order valence-electron chi connectivity index (χ4n) is 3.44. The number of ether oxygens (including phenoxy) is 1. The van der Waals surface area contributed by atoms with E-state index in [1.165, 1.54) is 0 Å². The van der Waals surface area contributed by atoms with E-state index in [1.54, 1.807) is 12.4 Å². The fraction of sp³-hybridized carbons (Fsp3) is 0.333. The molecule has 1 saturated heterocycles. The van der Waals surface area contributed by atoms with E-state index in [0.717, 1.165) is 28.8 Å². The van der Waals surface area contributed by atoms with Crippen LogP contribution in [0.3, 0.4) is 0 Å². The van der Waals surface area contributed by atoms with Gasteiger partial charge in [-0.25, -0.2) is 4.98 Å². The Balaban J connectivity index is 1.59. The average Bonchev–Trinajstić information content (AvgIpc) is 3.29. The second kappa shape index (κ2) is 5.79. The molecule has 1 amide bonds. The SMILES string of the molecule is Cc1cc2ccccc2n1CC(=O)NC1(c2ncc[nH]2)CCOC1. The maximum Gasteiger partial charge on any atom is 0.240 e. The highest BCUT2D eigenvalue weighted by Gasteiger charge is 2.40. The van der Waals surface area contributed by atoms with Gasteiger partial charge < -0.3 is 19.6 Å². The molecule has 6 heteroatoms. The van der Waals surface area contributed by atoms with Crippen LogP contribution in [0.25, 0.3) is 10.9 Å².